The maximum atomic E-state index is 13.7. The second-order valence-corrected chi connectivity index (χ2v) is 7.43. The van der Waals surface area contributed by atoms with Crippen LogP contribution in [-0.4, -0.2) is 3.92 Å². The zero-order valence-electron chi connectivity index (χ0n) is 11.3. The molecule has 1 aliphatic heterocycles. The molecular formula is C15H8FI2N3O. The summed E-state index contributed by atoms with van der Waals surface area (Å²) in [6.07, 6.45) is 0. The minimum Gasteiger partial charge on any atom is -0.482 e. The second-order valence-electron chi connectivity index (χ2n) is 4.84. The lowest BCUT2D eigenvalue weighted by atomic mass is 9.88. The Morgan fingerprint density at radius 2 is 1.91 bits per heavy atom. The Kier molecular flexibility index (Phi) is 4.93. The van der Waals surface area contributed by atoms with E-state index in [9.17, 15) is 9.65 Å². The predicted molar refractivity (Wildman–Crippen MR) is 92.7 cm³/mol. The van der Waals surface area contributed by atoms with Crippen molar-refractivity contribution in [1.82, 2.24) is 0 Å². The summed E-state index contributed by atoms with van der Waals surface area (Å²) in [5.41, 5.74) is -0.637. The van der Waals surface area contributed by atoms with Crippen molar-refractivity contribution in [3.8, 4) is 18.2 Å². The van der Waals surface area contributed by atoms with Crippen LogP contribution in [-0.2, 0) is 10.3 Å². The molecule has 1 aromatic carbocycles. The zero-order chi connectivity index (χ0) is 16.5. The molecule has 0 bridgehead atoms. The molecule has 1 fully saturated rings. The summed E-state index contributed by atoms with van der Waals surface area (Å²) in [5, 5.41) is 27.4. The van der Waals surface area contributed by atoms with Crippen LogP contribution in [0.15, 0.2) is 29.5 Å². The summed E-state index contributed by atoms with van der Waals surface area (Å²) in [7, 11) is 0. The maximum Gasteiger partial charge on any atom is 0.168 e. The average Bonchev–Trinajstić information content (AvgIpc) is 2.72. The number of nitrogens with zero attached hydrogens (tertiary/aromatic N) is 3. The van der Waals surface area contributed by atoms with Gasteiger partial charge in [-0.3, -0.25) is 0 Å². The van der Waals surface area contributed by atoms with Crippen molar-refractivity contribution in [2.75, 3.05) is 0 Å². The molecule has 0 N–H and O–H groups in total. The Labute approximate surface area is 154 Å². The van der Waals surface area contributed by atoms with E-state index < -0.39 is 17.3 Å². The molecule has 0 aromatic heterocycles. The fourth-order valence-corrected chi connectivity index (χ4v) is 3.93. The molecule has 0 aliphatic carbocycles. The number of nitriles is 3. The van der Waals surface area contributed by atoms with E-state index in [-0.39, 0.29) is 15.3 Å². The number of hydrogen-bond acceptors (Lipinski definition) is 4. The van der Waals surface area contributed by atoms with Gasteiger partial charge < -0.3 is 4.74 Å². The quantitative estimate of drug-likeness (QED) is 0.320. The first-order valence-corrected chi connectivity index (χ1v) is 8.43. The van der Waals surface area contributed by atoms with Gasteiger partial charge in [-0.25, -0.2) is 4.39 Å². The summed E-state index contributed by atoms with van der Waals surface area (Å²) in [6, 6.07) is 10.1. The fraction of sp³-hybridized carbons (Fsp3) is 0.267. The molecule has 1 saturated heterocycles. The highest BCUT2D eigenvalue weighted by molar-refractivity contribution is 14.1. The van der Waals surface area contributed by atoms with Gasteiger partial charge in [-0.05, 0) is 47.7 Å². The van der Waals surface area contributed by atoms with Crippen molar-refractivity contribution in [2.24, 2.45) is 5.92 Å². The van der Waals surface area contributed by atoms with Gasteiger partial charge in [0.15, 0.2) is 5.57 Å². The molecule has 110 valence electrons. The van der Waals surface area contributed by atoms with Gasteiger partial charge in [0.25, 0.3) is 0 Å². The molecule has 22 heavy (non-hydrogen) atoms. The molecule has 1 aromatic rings. The zero-order valence-corrected chi connectivity index (χ0v) is 15.6. The summed E-state index contributed by atoms with van der Waals surface area (Å²) >= 11 is 4.06. The first-order chi connectivity index (χ1) is 10.4. The molecule has 1 heterocycles. The molecular weight excluding hydrogens is 511 g/mol. The van der Waals surface area contributed by atoms with Gasteiger partial charge in [-0.2, -0.15) is 15.8 Å². The van der Waals surface area contributed by atoms with Gasteiger partial charge in [0.05, 0.1) is 9.99 Å². The number of hydrogen-bond donors (Lipinski definition) is 0. The third kappa shape index (κ3) is 2.78. The van der Waals surface area contributed by atoms with Crippen molar-refractivity contribution in [2.45, 2.75) is 16.4 Å². The van der Waals surface area contributed by atoms with Gasteiger partial charge >= 0.3 is 0 Å². The van der Waals surface area contributed by atoms with E-state index >= 15 is 0 Å². The first kappa shape index (κ1) is 17.0. The van der Waals surface area contributed by atoms with Crippen LogP contribution >= 0.6 is 45.2 Å². The maximum absolute atomic E-state index is 13.7. The highest BCUT2D eigenvalue weighted by Crippen LogP contribution is 2.49. The Morgan fingerprint density at radius 3 is 2.41 bits per heavy atom. The average molecular weight is 519 g/mol. The van der Waals surface area contributed by atoms with Gasteiger partial charge in [0.2, 0.25) is 0 Å². The Morgan fingerprint density at radius 1 is 1.27 bits per heavy atom. The fourth-order valence-electron chi connectivity index (χ4n) is 2.32. The molecule has 0 saturated carbocycles. The predicted octanol–water partition coefficient (Wildman–Crippen LogP) is 3.92. The van der Waals surface area contributed by atoms with Crippen molar-refractivity contribution in [3.63, 3.8) is 0 Å². The summed E-state index contributed by atoms with van der Waals surface area (Å²) in [6.45, 7) is 1.73. The molecule has 0 amide bonds. The second kappa shape index (κ2) is 6.39. The van der Waals surface area contributed by atoms with Crippen LogP contribution < -0.4 is 0 Å². The van der Waals surface area contributed by atoms with E-state index in [2.05, 4.69) is 28.7 Å². The summed E-state index contributed by atoms with van der Waals surface area (Å²) < 4.78 is 19.9. The largest absolute Gasteiger partial charge is 0.482 e. The van der Waals surface area contributed by atoms with E-state index in [0.717, 1.165) is 0 Å². The number of benzene rings is 1. The molecule has 4 nitrogen and oxygen atoms in total. The van der Waals surface area contributed by atoms with Crippen LogP contribution in [0.1, 0.15) is 12.5 Å². The highest BCUT2D eigenvalue weighted by Gasteiger charge is 2.52. The van der Waals surface area contributed by atoms with Crippen LogP contribution in [0.3, 0.4) is 0 Å². The lowest BCUT2D eigenvalue weighted by Crippen LogP contribution is -2.31. The van der Waals surface area contributed by atoms with Crippen molar-refractivity contribution in [1.29, 1.82) is 15.8 Å². The summed E-state index contributed by atoms with van der Waals surface area (Å²) in [5.74, 6) is -1.07. The van der Waals surface area contributed by atoms with Gasteiger partial charge in [-0.15, -0.1) is 0 Å². The van der Waals surface area contributed by atoms with Crippen LogP contribution in [0.4, 0.5) is 4.39 Å². The molecule has 7 heteroatoms. The van der Waals surface area contributed by atoms with Gasteiger partial charge in [-0.1, -0.05) is 22.6 Å². The van der Waals surface area contributed by atoms with Crippen LogP contribution in [0.25, 0.3) is 0 Å². The van der Waals surface area contributed by atoms with E-state index in [1.807, 2.05) is 22.6 Å². The SMILES string of the molecule is CC1(c2cc(F)cc(I)c2)OC(=C(C#N)C#N)C(C#N)C1I. The number of allylic oxidation sites excluding steroid dienone is 2. The van der Waals surface area contributed by atoms with Crippen LogP contribution in [0.2, 0.25) is 0 Å². The minimum atomic E-state index is -0.989. The first-order valence-electron chi connectivity index (χ1n) is 6.11. The smallest absolute Gasteiger partial charge is 0.168 e. The molecule has 1 aliphatic rings. The number of rotatable bonds is 1. The van der Waals surface area contributed by atoms with E-state index in [1.54, 1.807) is 25.1 Å². The Bertz CT molecular complexity index is 751. The van der Waals surface area contributed by atoms with Crippen LogP contribution in [0, 0.1) is 49.3 Å². The Hall–Kier alpha value is -1.38. The van der Waals surface area contributed by atoms with Gasteiger partial charge in [0.1, 0.15) is 35.2 Å². The molecule has 3 unspecified atom stereocenters. The number of alkyl halides is 1. The normalized spacial score (nSPS) is 26.5. The lowest BCUT2D eigenvalue weighted by molar-refractivity contribution is 0.0608. The highest BCUT2D eigenvalue weighted by atomic mass is 127. The third-order valence-electron chi connectivity index (χ3n) is 3.47. The van der Waals surface area contributed by atoms with E-state index in [4.69, 9.17) is 15.3 Å². The van der Waals surface area contributed by atoms with Crippen molar-refractivity contribution < 1.29 is 9.13 Å². The lowest BCUT2D eigenvalue weighted by Gasteiger charge is -2.28. The molecule has 2 rings (SSSR count). The third-order valence-corrected chi connectivity index (χ3v) is 6.00. The monoisotopic (exact) mass is 519 g/mol. The summed E-state index contributed by atoms with van der Waals surface area (Å²) in [4.78, 5) is 0. The van der Waals surface area contributed by atoms with Crippen LogP contribution in [0.5, 0.6) is 0 Å². The number of ether oxygens (including phenoxy) is 1. The molecule has 3 atom stereocenters. The Balaban J connectivity index is 2.63. The molecule has 0 radical (unpaired) electrons. The van der Waals surface area contributed by atoms with Gasteiger partial charge in [0, 0.05) is 9.13 Å². The van der Waals surface area contributed by atoms with Crippen molar-refractivity contribution in [3.05, 3.63) is 44.5 Å². The van der Waals surface area contributed by atoms with E-state index in [1.165, 1.54) is 12.1 Å². The number of halogens is 3. The molecule has 0 spiro atoms. The standard InChI is InChI=1S/C15H8FI2N3O/c1-15(9-2-10(16)4-11(17)3-9)14(18)12(7-21)13(22-15)8(5-19)6-20/h2-4,12,14H,1H3. The topological polar surface area (TPSA) is 80.6 Å². The van der Waals surface area contributed by atoms with E-state index in [0.29, 0.717) is 9.13 Å². The minimum absolute atomic E-state index is 0.0636. The van der Waals surface area contributed by atoms with Crippen molar-refractivity contribution >= 4 is 45.2 Å².